The molecule has 5 heteroatoms. The molecule has 4 nitrogen and oxygen atoms in total. The van der Waals surface area contributed by atoms with E-state index in [4.69, 9.17) is 5.73 Å². The molecule has 18 heavy (non-hydrogen) atoms. The predicted octanol–water partition coefficient (Wildman–Crippen LogP) is 1.84. The van der Waals surface area contributed by atoms with Crippen molar-refractivity contribution in [3.8, 4) is 0 Å². The highest BCUT2D eigenvalue weighted by molar-refractivity contribution is 7.09. The lowest BCUT2D eigenvalue weighted by molar-refractivity contribution is -0.122. The van der Waals surface area contributed by atoms with Gasteiger partial charge in [0.25, 0.3) is 0 Å². The molecule has 1 amide bonds. The van der Waals surface area contributed by atoms with E-state index in [2.05, 4.69) is 17.2 Å². The molecular formula is C13H21N3OS. The first-order chi connectivity index (χ1) is 8.69. The molecule has 0 unspecified atom stereocenters. The number of nitrogens with one attached hydrogen (secondary N) is 1. The molecule has 3 N–H and O–H groups in total. The van der Waals surface area contributed by atoms with Gasteiger partial charge in [-0.1, -0.05) is 13.3 Å². The second-order valence-corrected chi connectivity index (χ2v) is 5.86. The molecule has 1 aromatic heterocycles. The summed E-state index contributed by atoms with van der Waals surface area (Å²) in [5.41, 5.74) is 6.92. The molecule has 100 valence electrons. The Bertz CT molecular complexity index is 405. The van der Waals surface area contributed by atoms with Gasteiger partial charge in [-0.2, -0.15) is 0 Å². The molecule has 0 radical (unpaired) electrons. The number of thiazole rings is 1. The number of carbonyl (C=O) groups is 1. The van der Waals surface area contributed by atoms with Crippen molar-refractivity contribution in [3.05, 3.63) is 16.1 Å². The van der Waals surface area contributed by atoms with E-state index in [0.29, 0.717) is 18.9 Å². The molecule has 0 spiro atoms. The summed E-state index contributed by atoms with van der Waals surface area (Å²) in [6, 6.07) is 0.210. The second-order valence-electron chi connectivity index (χ2n) is 4.92. The van der Waals surface area contributed by atoms with Crippen LogP contribution in [0, 0.1) is 5.92 Å². The average Bonchev–Trinajstić information content (AvgIpc) is 2.97. The van der Waals surface area contributed by atoms with E-state index >= 15 is 0 Å². The van der Waals surface area contributed by atoms with Gasteiger partial charge in [-0.05, 0) is 25.2 Å². The highest BCUT2D eigenvalue weighted by atomic mass is 32.1. The van der Waals surface area contributed by atoms with Gasteiger partial charge in [0.2, 0.25) is 5.91 Å². The molecule has 1 heterocycles. The zero-order valence-corrected chi connectivity index (χ0v) is 11.6. The Hall–Kier alpha value is -0.940. The fourth-order valence-electron chi connectivity index (χ4n) is 2.41. The minimum absolute atomic E-state index is 0.100. The maximum atomic E-state index is 11.8. The van der Waals surface area contributed by atoms with Crippen LogP contribution in [-0.4, -0.2) is 16.9 Å². The van der Waals surface area contributed by atoms with Gasteiger partial charge in [0.05, 0.1) is 17.2 Å². The van der Waals surface area contributed by atoms with E-state index in [0.717, 1.165) is 36.4 Å². The number of carbonyl (C=O) groups excluding carboxylic acids is 1. The van der Waals surface area contributed by atoms with E-state index < -0.39 is 0 Å². The van der Waals surface area contributed by atoms with E-state index in [-0.39, 0.29) is 11.9 Å². The lowest BCUT2D eigenvalue weighted by atomic mass is 10.00. The lowest BCUT2D eigenvalue weighted by Crippen LogP contribution is -2.31. The number of hydrogen-bond donors (Lipinski definition) is 2. The quantitative estimate of drug-likeness (QED) is 0.855. The average molecular weight is 267 g/mol. The summed E-state index contributed by atoms with van der Waals surface area (Å²) < 4.78 is 0. The van der Waals surface area contributed by atoms with E-state index in [1.165, 1.54) is 0 Å². The molecule has 1 aromatic rings. The lowest BCUT2D eigenvalue weighted by Gasteiger charge is -2.14. The topological polar surface area (TPSA) is 68.0 Å². The fourth-order valence-corrected chi connectivity index (χ4v) is 3.16. The third kappa shape index (κ3) is 3.53. The van der Waals surface area contributed by atoms with Crippen molar-refractivity contribution in [2.24, 2.45) is 11.7 Å². The van der Waals surface area contributed by atoms with E-state index in [1.54, 1.807) is 11.3 Å². The highest BCUT2D eigenvalue weighted by Crippen LogP contribution is 2.26. The zero-order chi connectivity index (χ0) is 13.0. The van der Waals surface area contributed by atoms with Crippen molar-refractivity contribution in [3.63, 3.8) is 0 Å². The first-order valence-electron chi connectivity index (χ1n) is 6.64. The number of nitrogens with two attached hydrogens (primary N) is 1. The molecule has 1 saturated carbocycles. The Balaban J connectivity index is 1.74. The van der Waals surface area contributed by atoms with Gasteiger partial charge in [-0.25, -0.2) is 4.98 Å². The van der Waals surface area contributed by atoms with Gasteiger partial charge in [-0.15, -0.1) is 11.3 Å². The highest BCUT2D eigenvalue weighted by Gasteiger charge is 2.25. The third-order valence-corrected chi connectivity index (χ3v) is 4.58. The number of hydrogen-bond acceptors (Lipinski definition) is 4. The van der Waals surface area contributed by atoms with Crippen molar-refractivity contribution in [1.29, 1.82) is 0 Å². The van der Waals surface area contributed by atoms with Gasteiger partial charge in [0.15, 0.2) is 0 Å². The Morgan fingerprint density at radius 1 is 1.61 bits per heavy atom. The van der Waals surface area contributed by atoms with Gasteiger partial charge in [0, 0.05) is 17.8 Å². The molecule has 0 aromatic carbocycles. The first kappa shape index (κ1) is 13.5. The number of aromatic nitrogens is 1. The molecule has 1 fully saturated rings. The van der Waals surface area contributed by atoms with Crippen LogP contribution in [0.3, 0.4) is 0 Å². The number of aryl methyl sites for hydroxylation is 1. The number of nitrogens with zero attached hydrogens (tertiary/aromatic N) is 1. The molecule has 2 atom stereocenters. The summed E-state index contributed by atoms with van der Waals surface area (Å²) in [5, 5.41) is 6.07. The van der Waals surface area contributed by atoms with Crippen molar-refractivity contribution in [2.75, 3.05) is 0 Å². The smallest absolute Gasteiger partial charge is 0.220 e. The third-order valence-electron chi connectivity index (χ3n) is 3.53. The summed E-state index contributed by atoms with van der Waals surface area (Å²) in [7, 11) is 0. The number of rotatable bonds is 5. The Morgan fingerprint density at radius 2 is 2.44 bits per heavy atom. The molecule has 0 saturated heterocycles. The van der Waals surface area contributed by atoms with Crippen LogP contribution < -0.4 is 11.1 Å². The van der Waals surface area contributed by atoms with Crippen LogP contribution in [0.15, 0.2) is 5.38 Å². The molecule has 0 aliphatic heterocycles. The summed E-state index contributed by atoms with van der Waals surface area (Å²) >= 11 is 1.65. The first-order valence-corrected chi connectivity index (χ1v) is 7.52. The van der Waals surface area contributed by atoms with Crippen LogP contribution >= 0.6 is 11.3 Å². The molecular weight excluding hydrogens is 246 g/mol. The SMILES string of the molecule is CCc1nc(CNC(=O)C[C@@H]2CCC[C@H]2N)cs1. The molecule has 2 rings (SSSR count). The predicted molar refractivity (Wildman–Crippen MR) is 73.3 cm³/mol. The minimum atomic E-state index is 0.100. The standard InChI is InChI=1S/C13H21N3OS/c1-2-13-16-10(8-18-13)7-15-12(17)6-9-4-3-5-11(9)14/h8-9,11H,2-7,14H2,1H3,(H,15,17)/t9-,11+/m0/s1. The van der Waals surface area contributed by atoms with Crippen LogP contribution in [0.2, 0.25) is 0 Å². The monoisotopic (exact) mass is 267 g/mol. The van der Waals surface area contributed by atoms with Crippen LogP contribution in [0.4, 0.5) is 0 Å². The van der Waals surface area contributed by atoms with Crippen molar-refractivity contribution in [2.45, 2.75) is 51.6 Å². The Morgan fingerprint density at radius 3 is 3.06 bits per heavy atom. The Kier molecular flexibility index (Phi) is 4.72. The zero-order valence-electron chi connectivity index (χ0n) is 10.8. The van der Waals surface area contributed by atoms with Crippen LogP contribution in [-0.2, 0) is 17.8 Å². The van der Waals surface area contributed by atoms with Crippen LogP contribution in [0.25, 0.3) is 0 Å². The normalized spacial score (nSPS) is 23.2. The summed E-state index contributed by atoms with van der Waals surface area (Å²) in [6.07, 6.45) is 4.82. The number of amides is 1. The fraction of sp³-hybridized carbons (Fsp3) is 0.692. The van der Waals surface area contributed by atoms with Crippen molar-refractivity contribution < 1.29 is 4.79 Å². The summed E-state index contributed by atoms with van der Waals surface area (Å²) in [4.78, 5) is 16.2. The molecule has 1 aliphatic rings. The van der Waals surface area contributed by atoms with E-state index in [1.807, 2.05) is 5.38 Å². The van der Waals surface area contributed by atoms with Crippen LogP contribution in [0.1, 0.15) is 43.3 Å². The van der Waals surface area contributed by atoms with Gasteiger partial charge in [-0.3, -0.25) is 4.79 Å². The largest absolute Gasteiger partial charge is 0.350 e. The maximum absolute atomic E-state index is 11.8. The van der Waals surface area contributed by atoms with Crippen LogP contribution in [0.5, 0.6) is 0 Å². The minimum Gasteiger partial charge on any atom is -0.350 e. The molecule has 1 aliphatic carbocycles. The maximum Gasteiger partial charge on any atom is 0.220 e. The summed E-state index contributed by atoms with van der Waals surface area (Å²) in [6.45, 7) is 2.62. The van der Waals surface area contributed by atoms with Crippen molar-refractivity contribution in [1.82, 2.24) is 10.3 Å². The summed E-state index contributed by atoms with van der Waals surface area (Å²) in [5.74, 6) is 0.468. The van der Waals surface area contributed by atoms with E-state index in [9.17, 15) is 4.79 Å². The van der Waals surface area contributed by atoms with Gasteiger partial charge < -0.3 is 11.1 Å². The van der Waals surface area contributed by atoms with Crippen molar-refractivity contribution >= 4 is 17.2 Å². The van der Waals surface area contributed by atoms with Gasteiger partial charge >= 0.3 is 0 Å². The van der Waals surface area contributed by atoms with Gasteiger partial charge in [0.1, 0.15) is 0 Å². The second kappa shape index (κ2) is 6.29. The molecule has 0 bridgehead atoms. The Labute approximate surface area is 112 Å².